The molecule has 0 bridgehead atoms. The number of nitrogens with one attached hydrogen (secondary N) is 1. The average molecular weight is 371 g/mol. The molecule has 6 heteroatoms. The van der Waals surface area contributed by atoms with Gasteiger partial charge in [-0.2, -0.15) is 0 Å². The molecular formula is C20H19ClN2O3. The Morgan fingerprint density at radius 2 is 2.00 bits per heavy atom. The molecule has 0 saturated carbocycles. The fraction of sp³-hybridized carbons (Fsp3) is 0.250. The standard InChI is InChI=1S/C20H19ClN2O3/c1-25-19-12-15(23-6-8-26-9-7-23)4-2-13(19)10-17-16-5-3-14(21)11-18(16)22-20(17)24/h2-5,10-12H,6-9H2,1H3,(H,22,24)/b17-10+. The van der Waals surface area contributed by atoms with E-state index >= 15 is 0 Å². The molecule has 4 rings (SSSR count). The maximum atomic E-state index is 12.4. The third-order valence-corrected chi connectivity index (χ3v) is 4.89. The van der Waals surface area contributed by atoms with Crippen LogP contribution in [-0.2, 0) is 9.53 Å². The Morgan fingerprint density at radius 3 is 2.77 bits per heavy atom. The third-order valence-electron chi connectivity index (χ3n) is 4.66. The van der Waals surface area contributed by atoms with E-state index in [1.54, 1.807) is 19.2 Å². The van der Waals surface area contributed by atoms with Crippen molar-refractivity contribution in [3.8, 4) is 5.75 Å². The van der Waals surface area contributed by atoms with E-state index in [0.717, 1.165) is 54.6 Å². The first-order valence-electron chi connectivity index (χ1n) is 8.49. The van der Waals surface area contributed by atoms with Crippen LogP contribution in [0.4, 0.5) is 11.4 Å². The Hall–Kier alpha value is -2.50. The predicted molar refractivity (Wildman–Crippen MR) is 104 cm³/mol. The summed E-state index contributed by atoms with van der Waals surface area (Å²) in [6, 6.07) is 11.4. The van der Waals surface area contributed by atoms with Crippen molar-refractivity contribution in [1.82, 2.24) is 0 Å². The van der Waals surface area contributed by atoms with Crippen molar-refractivity contribution in [2.24, 2.45) is 0 Å². The second-order valence-corrected chi connectivity index (χ2v) is 6.66. The lowest BCUT2D eigenvalue weighted by Gasteiger charge is -2.29. The summed E-state index contributed by atoms with van der Waals surface area (Å²) in [6.45, 7) is 3.18. The number of fused-ring (bicyclic) bond motifs is 1. The zero-order chi connectivity index (χ0) is 18.1. The lowest BCUT2D eigenvalue weighted by atomic mass is 10.0. The largest absolute Gasteiger partial charge is 0.496 e. The second kappa shape index (κ2) is 7.02. The van der Waals surface area contributed by atoms with Crippen LogP contribution in [0.1, 0.15) is 11.1 Å². The Bertz CT molecular complexity index is 889. The van der Waals surface area contributed by atoms with Gasteiger partial charge in [-0.3, -0.25) is 4.79 Å². The summed E-state index contributed by atoms with van der Waals surface area (Å²) >= 11 is 6.01. The van der Waals surface area contributed by atoms with Crippen molar-refractivity contribution < 1.29 is 14.3 Å². The minimum Gasteiger partial charge on any atom is -0.496 e. The Morgan fingerprint density at radius 1 is 1.19 bits per heavy atom. The number of hydrogen-bond acceptors (Lipinski definition) is 4. The Balaban J connectivity index is 1.70. The van der Waals surface area contributed by atoms with Crippen LogP contribution in [-0.4, -0.2) is 39.3 Å². The molecule has 5 nitrogen and oxygen atoms in total. The lowest BCUT2D eigenvalue weighted by molar-refractivity contribution is -0.110. The van der Waals surface area contributed by atoms with E-state index in [4.69, 9.17) is 21.1 Å². The molecule has 2 aromatic carbocycles. The average Bonchev–Trinajstić information content (AvgIpc) is 2.97. The summed E-state index contributed by atoms with van der Waals surface area (Å²) in [5.74, 6) is 0.596. The van der Waals surface area contributed by atoms with E-state index < -0.39 is 0 Å². The molecule has 1 amide bonds. The number of anilines is 2. The number of carbonyl (C=O) groups excluding carboxylic acids is 1. The van der Waals surface area contributed by atoms with E-state index in [9.17, 15) is 4.79 Å². The van der Waals surface area contributed by atoms with Gasteiger partial charge < -0.3 is 19.7 Å². The van der Waals surface area contributed by atoms with Crippen LogP contribution in [0.3, 0.4) is 0 Å². The van der Waals surface area contributed by atoms with Crippen molar-refractivity contribution in [3.05, 3.63) is 52.5 Å². The molecule has 0 unspecified atom stereocenters. The van der Waals surface area contributed by atoms with E-state index in [1.807, 2.05) is 24.3 Å². The van der Waals surface area contributed by atoms with Crippen molar-refractivity contribution in [1.29, 1.82) is 0 Å². The number of nitrogens with zero attached hydrogens (tertiary/aromatic N) is 1. The zero-order valence-corrected chi connectivity index (χ0v) is 15.2. The van der Waals surface area contributed by atoms with Crippen molar-refractivity contribution >= 4 is 40.5 Å². The van der Waals surface area contributed by atoms with Crippen molar-refractivity contribution in [2.75, 3.05) is 43.6 Å². The quantitative estimate of drug-likeness (QED) is 0.837. The number of ether oxygens (including phenoxy) is 2. The summed E-state index contributed by atoms with van der Waals surface area (Å²) < 4.78 is 11.0. The van der Waals surface area contributed by atoms with Crippen LogP contribution in [0, 0.1) is 0 Å². The summed E-state index contributed by atoms with van der Waals surface area (Å²) in [5, 5.41) is 3.45. The van der Waals surface area contributed by atoms with Gasteiger partial charge in [0.2, 0.25) is 0 Å². The van der Waals surface area contributed by atoms with Gasteiger partial charge in [-0.15, -0.1) is 0 Å². The normalized spacial score (nSPS) is 18.0. The number of rotatable bonds is 3. The molecule has 0 spiro atoms. The number of benzene rings is 2. The predicted octanol–water partition coefficient (Wildman–Crippen LogP) is 3.68. The van der Waals surface area contributed by atoms with Crippen LogP contribution in [0.15, 0.2) is 36.4 Å². The minimum absolute atomic E-state index is 0.137. The zero-order valence-electron chi connectivity index (χ0n) is 14.4. The molecule has 26 heavy (non-hydrogen) atoms. The van der Waals surface area contributed by atoms with Crippen LogP contribution in [0.25, 0.3) is 11.6 Å². The van der Waals surface area contributed by atoms with Crippen LogP contribution < -0.4 is 15.0 Å². The fourth-order valence-electron chi connectivity index (χ4n) is 3.30. The Kier molecular flexibility index (Phi) is 4.57. The molecule has 0 aromatic heterocycles. The highest BCUT2D eigenvalue weighted by atomic mass is 35.5. The SMILES string of the molecule is COc1cc(N2CCOCC2)ccc1/C=C1/C(=O)Nc2cc(Cl)ccc21. The number of carbonyl (C=O) groups is 1. The maximum absolute atomic E-state index is 12.4. The molecule has 1 fully saturated rings. The molecule has 0 atom stereocenters. The van der Waals surface area contributed by atoms with Crippen LogP contribution in [0.5, 0.6) is 5.75 Å². The summed E-state index contributed by atoms with van der Waals surface area (Å²) in [6.07, 6.45) is 1.86. The summed E-state index contributed by atoms with van der Waals surface area (Å²) in [4.78, 5) is 14.6. The maximum Gasteiger partial charge on any atom is 0.256 e. The highest BCUT2D eigenvalue weighted by Crippen LogP contribution is 2.37. The molecule has 2 aliphatic heterocycles. The van der Waals surface area contributed by atoms with Crippen molar-refractivity contribution in [3.63, 3.8) is 0 Å². The molecular weight excluding hydrogens is 352 g/mol. The van der Waals surface area contributed by atoms with Gasteiger partial charge in [0, 0.05) is 46.6 Å². The van der Waals surface area contributed by atoms with Gasteiger partial charge in [-0.25, -0.2) is 0 Å². The number of morpholine rings is 1. The molecule has 134 valence electrons. The first-order valence-corrected chi connectivity index (χ1v) is 8.87. The number of halogens is 1. The summed E-state index contributed by atoms with van der Waals surface area (Å²) in [5.41, 5.74) is 4.14. The van der Waals surface area contributed by atoms with Gasteiger partial charge in [0.25, 0.3) is 5.91 Å². The molecule has 2 aliphatic rings. The number of hydrogen-bond donors (Lipinski definition) is 1. The lowest BCUT2D eigenvalue weighted by Crippen LogP contribution is -2.36. The molecule has 0 radical (unpaired) electrons. The fourth-order valence-corrected chi connectivity index (χ4v) is 3.47. The highest BCUT2D eigenvalue weighted by Gasteiger charge is 2.24. The van der Waals surface area contributed by atoms with Gasteiger partial charge >= 0.3 is 0 Å². The van der Waals surface area contributed by atoms with Gasteiger partial charge in [0.1, 0.15) is 5.75 Å². The third kappa shape index (κ3) is 3.16. The molecule has 1 N–H and O–H groups in total. The van der Waals surface area contributed by atoms with E-state index in [-0.39, 0.29) is 5.91 Å². The van der Waals surface area contributed by atoms with Crippen molar-refractivity contribution in [2.45, 2.75) is 0 Å². The van der Waals surface area contributed by atoms with E-state index in [2.05, 4.69) is 16.3 Å². The van der Waals surface area contributed by atoms with Crippen LogP contribution >= 0.6 is 11.6 Å². The number of methoxy groups -OCH3 is 1. The van der Waals surface area contributed by atoms with E-state index in [0.29, 0.717) is 10.6 Å². The van der Waals surface area contributed by atoms with Gasteiger partial charge in [0.05, 0.1) is 26.0 Å². The van der Waals surface area contributed by atoms with Gasteiger partial charge in [-0.1, -0.05) is 17.7 Å². The second-order valence-electron chi connectivity index (χ2n) is 6.23. The van der Waals surface area contributed by atoms with Crippen LogP contribution in [0.2, 0.25) is 5.02 Å². The topological polar surface area (TPSA) is 50.8 Å². The van der Waals surface area contributed by atoms with Gasteiger partial charge in [0.15, 0.2) is 0 Å². The first kappa shape index (κ1) is 16.9. The molecule has 0 aliphatic carbocycles. The first-order chi connectivity index (χ1) is 12.7. The number of amides is 1. The summed E-state index contributed by atoms with van der Waals surface area (Å²) in [7, 11) is 1.64. The molecule has 2 heterocycles. The minimum atomic E-state index is -0.137. The molecule has 2 aromatic rings. The molecule has 1 saturated heterocycles. The monoisotopic (exact) mass is 370 g/mol. The highest BCUT2D eigenvalue weighted by molar-refractivity contribution is 6.36. The van der Waals surface area contributed by atoms with E-state index in [1.165, 1.54) is 0 Å². The van der Waals surface area contributed by atoms with Gasteiger partial charge in [-0.05, 0) is 30.3 Å². The Labute approximate surface area is 157 Å². The smallest absolute Gasteiger partial charge is 0.256 e.